The summed E-state index contributed by atoms with van der Waals surface area (Å²) in [7, 11) is 0. The van der Waals surface area contributed by atoms with Gasteiger partial charge in [0.15, 0.2) is 12.4 Å². The molecule has 2 N–H and O–H groups in total. The van der Waals surface area contributed by atoms with Gasteiger partial charge in [0.25, 0.3) is 5.91 Å². The molecule has 14 heavy (non-hydrogen) atoms. The van der Waals surface area contributed by atoms with Crippen molar-refractivity contribution in [2.24, 2.45) is 0 Å². The van der Waals surface area contributed by atoms with Gasteiger partial charge in [0.1, 0.15) is 0 Å². The molecule has 1 amide bonds. The number of aliphatic hydroxyl groups excluding tert-OH is 2. The van der Waals surface area contributed by atoms with E-state index in [4.69, 9.17) is 10.2 Å². The highest BCUT2D eigenvalue weighted by molar-refractivity contribution is 5.85. The van der Waals surface area contributed by atoms with E-state index < -0.39 is 18.6 Å². The monoisotopic (exact) mass is 197 g/mol. The Kier molecular flexibility index (Phi) is 3.55. The Morgan fingerprint density at radius 2 is 2.43 bits per heavy atom. The first-order valence-electron chi connectivity index (χ1n) is 4.12. The first-order chi connectivity index (χ1) is 6.69. The zero-order chi connectivity index (χ0) is 10.6. The molecule has 0 fully saturated rings. The Labute approximate surface area is 80.9 Å². The highest BCUT2D eigenvalue weighted by Crippen LogP contribution is 2.06. The van der Waals surface area contributed by atoms with E-state index in [9.17, 15) is 9.59 Å². The third-order valence-electron chi connectivity index (χ3n) is 1.79. The average molecular weight is 197 g/mol. The van der Waals surface area contributed by atoms with Gasteiger partial charge in [-0.15, -0.1) is 0 Å². The fourth-order valence-corrected chi connectivity index (χ4v) is 1.07. The molecule has 5 nitrogen and oxygen atoms in total. The summed E-state index contributed by atoms with van der Waals surface area (Å²) in [4.78, 5) is 22.9. The molecule has 1 rings (SSSR count). The van der Waals surface area contributed by atoms with Crippen LogP contribution in [0.1, 0.15) is 0 Å². The number of nitrogens with zero attached hydrogens (tertiary/aromatic N) is 1. The molecule has 0 spiro atoms. The predicted molar refractivity (Wildman–Crippen MR) is 48.1 cm³/mol. The summed E-state index contributed by atoms with van der Waals surface area (Å²) in [6, 6.07) is 0. The smallest absolute Gasteiger partial charge is 0.258 e. The minimum absolute atomic E-state index is 0.299. The number of hydrogen-bond donors (Lipinski definition) is 2. The van der Waals surface area contributed by atoms with Crippen LogP contribution in [0, 0.1) is 0 Å². The van der Waals surface area contributed by atoms with Crippen molar-refractivity contribution < 1.29 is 19.8 Å². The maximum absolute atomic E-state index is 11.3. The van der Waals surface area contributed by atoms with Gasteiger partial charge in [0.2, 0.25) is 0 Å². The number of carbonyl (C=O) groups is 2. The third-order valence-corrected chi connectivity index (χ3v) is 1.79. The van der Waals surface area contributed by atoms with Crippen LogP contribution in [0.25, 0.3) is 0 Å². The van der Waals surface area contributed by atoms with Gasteiger partial charge < -0.3 is 15.1 Å². The van der Waals surface area contributed by atoms with Crippen LogP contribution in [-0.4, -0.2) is 46.6 Å². The second-order valence-electron chi connectivity index (χ2n) is 2.84. The van der Waals surface area contributed by atoms with E-state index in [-0.39, 0.29) is 0 Å². The van der Waals surface area contributed by atoms with Crippen molar-refractivity contribution in [2.45, 2.75) is 6.10 Å². The fraction of sp³-hybridized carbons (Fsp3) is 0.333. The van der Waals surface area contributed by atoms with Crippen LogP contribution in [0.15, 0.2) is 23.9 Å². The molecule has 0 radical (unpaired) electrons. The number of allylic oxidation sites excluding steroid dienone is 2. The topological polar surface area (TPSA) is 77.8 Å². The van der Waals surface area contributed by atoms with Gasteiger partial charge in [0.05, 0.1) is 6.61 Å². The quantitative estimate of drug-likeness (QED) is 0.558. The summed E-state index contributed by atoms with van der Waals surface area (Å²) in [5.41, 5.74) is 0.356. The summed E-state index contributed by atoms with van der Waals surface area (Å²) in [6.45, 7) is -0.323. The molecule has 1 atom stereocenters. The third kappa shape index (κ3) is 2.27. The minimum atomic E-state index is -1.43. The van der Waals surface area contributed by atoms with Crippen molar-refractivity contribution in [1.29, 1.82) is 0 Å². The highest BCUT2D eigenvalue weighted by atomic mass is 16.3. The molecule has 1 heterocycles. The number of aliphatic hydroxyl groups is 2. The van der Waals surface area contributed by atoms with E-state index in [1.807, 2.05) is 0 Å². The van der Waals surface area contributed by atoms with E-state index in [1.165, 1.54) is 11.1 Å². The van der Waals surface area contributed by atoms with Crippen molar-refractivity contribution in [2.75, 3.05) is 13.2 Å². The van der Waals surface area contributed by atoms with Crippen LogP contribution in [0.2, 0.25) is 0 Å². The van der Waals surface area contributed by atoms with Crippen LogP contribution in [0.4, 0.5) is 0 Å². The Hall–Kier alpha value is -1.46. The van der Waals surface area contributed by atoms with Crippen LogP contribution >= 0.6 is 0 Å². The molecular formula is C9H11NO4. The van der Waals surface area contributed by atoms with Gasteiger partial charge in [0, 0.05) is 18.3 Å². The molecular weight excluding hydrogens is 186 g/mol. The first-order valence-corrected chi connectivity index (χ1v) is 4.12. The lowest BCUT2D eigenvalue weighted by Gasteiger charge is -2.21. The van der Waals surface area contributed by atoms with Crippen LogP contribution in [0.3, 0.4) is 0 Å². The SMILES string of the molecule is O=CC1=CN(C(=O)C(O)CO)CC=C1. The molecule has 76 valence electrons. The minimum Gasteiger partial charge on any atom is -0.393 e. The van der Waals surface area contributed by atoms with E-state index >= 15 is 0 Å². The van der Waals surface area contributed by atoms with Gasteiger partial charge >= 0.3 is 0 Å². The Morgan fingerprint density at radius 3 is 3.00 bits per heavy atom. The van der Waals surface area contributed by atoms with Crippen molar-refractivity contribution in [3.8, 4) is 0 Å². The van der Waals surface area contributed by atoms with E-state index in [0.29, 0.717) is 18.4 Å². The van der Waals surface area contributed by atoms with Crippen molar-refractivity contribution >= 4 is 12.2 Å². The second-order valence-corrected chi connectivity index (χ2v) is 2.84. The summed E-state index contributed by atoms with van der Waals surface area (Å²) < 4.78 is 0. The number of carbonyl (C=O) groups excluding carboxylic acids is 2. The summed E-state index contributed by atoms with van der Waals surface area (Å²) in [5.74, 6) is -0.615. The Bertz CT molecular complexity index is 295. The van der Waals surface area contributed by atoms with Gasteiger partial charge in [-0.05, 0) is 0 Å². The molecule has 5 heteroatoms. The second kappa shape index (κ2) is 4.69. The first kappa shape index (κ1) is 10.6. The summed E-state index contributed by atoms with van der Waals surface area (Å²) in [5, 5.41) is 17.6. The molecule has 1 aliphatic rings. The van der Waals surface area contributed by atoms with Crippen molar-refractivity contribution in [3.63, 3.8) is 0 Å². The van der Waals surface area contributed by atoms with Gasteiger partial charge in [-0.2, -0.15) is 0 Å². The number of hydrogen-bond acceptors (Lipinski definition) is 4. The molecule has 0 aromatic rings. The van der Waals surface area contributed by atoms with E-state index in [1.54, 1.807) is 12.2 Å². The predicted octanol–water partition coefficient (Wildman–Crippen LogP) is -1.18. The van der Waals surface area contributed by atoms with E-state index in [0.717, 1.165) is 0 Å². The van der Waals surface area contributed by atoms with E-state index in [2.05, 4.69) is 0 Å². The summed E-state index contributed by atoms with van der Waals surface area (Å²) in [6.07, 6.45) is 3.74. The fourth-order valence-electron chi connectivity index (χ4n) is 1.07. The van der Waals surface area contributed by atoms with Gasteiger partial charge in [-0.1, -0.05) is 12.2 Å². The zero-order valence-corrected chi connectivity index (χ0v) is 7.46. The van der Waals surface area contributed by atoms with Crippen LogP contribution in [0.5, 0.6) is 0 Å². The van der Waals surface area contributed by atoms with Crippen LogP contribution in [-0.2, 0) is 9.59 Å². The molecule has 0 saturated carbocycles. The lowest BCUT2D eigenvalue weighted by molar-refractivity contribution is -0.138. The maximum Gasteiger partial charge on any atom is 0.258 e. The van der Waals surface area contributed by atoms with Gasteiger partial charge in [-0.3, -0.25) is 9.59 Å². The molecule has 1 unspecified atom stereocenters. The molecule has 0 aromatic heterocycles. The molecule has 0 bridgehead atoms. The maximum atomic E-state index is 11.3. The lowest BCUT2D eigenvalue weighted by atomic mass is 10.2. The molecule has 0 saturated heterocycles. The van der Waals surface area contributed by atoms with Gasteiger partial charge in [-0.25, -0.2) is 0 Å². The standard InChI is InChI=1S/C9H11NO4/c11-5-7-2-1-3-10(4-7)9(14)8(13)6-12/h1-2,4-5,8,12-13H,3,6H2. The Balaban J connectivity index is 2.71. The van der Waals surface area contributed by atoms with Crippen molar-refractivity contribution in [1.82, 2.24) is 4.90 Å². The Morgan fingerprint density at radius 1 is 1.71 bits per heavy atom. The normalized spacial score (nSPS) is 17.6. The number of rotatable bonds is 3. The van der Waals surface area contributed by atoms with Crippen LogP contribution < -0.4 is 0 Å². The molecule has 0 aliphatic carbocycles. The average Bonchev–Trinajstić information content (AvgIpc) is 2.27. The zero-order valence-electron chi connectivity index (χ0n) is 7.46. The highest BCUT2D eigenvalue weighted by Gasteiger charge is 2.20. The molecule has 0 aromatic carbocycles. The number of aldehydes is 1. The lowest BCUT2D eigenvalue weighted by Crippen LogP contribution is -2.38. The molecule has 1 aliphatic heterocycles. The summed E-state index contributed by atoms with van der Waals surface area (Å²) >= 11 is 0. The number of amides is 1. The van der Waals surface area contributed by atoms with Crippen molar-refractivity contribution in [3.05, 3.63) is 23.9 Å². The largest absolute Gasteiger partial charge is 0.393 e.